The minimum Gasteiger partial charge on any atom is -0.359 e. The van der Waals surface area contributed by atoms with Crippen LogP contribution in [0.3, 0.4) is 0 Å². The Bertz CT molecular complexity index is 135. The highest BCUT2D eigenvalue weighted by Gasteiger charge is 2.46. The molecule has 2 nitrogen and oxygen atoms in total. The zero-order valence-corrected chi connectivity index (χ0v) is 6.71. The second-order valence-electron chi connectivity index (χ2n) is 3.62. The summed E-state index contributed by atoms with van der Waals surface area (Å²) in [6.07, 6.45) is 5.11. The third-order valence-corrected chi connectivity index (χ3v) is 2.69. The molecule has 1 aliphatic carbocycles. The molecule has 0 amide bonds. The molecule has 1 heterocycles. The maximum absolute atomic E-state index is 5.65. The normalized spacial score (nSPS) is 45.3. The Hall–Kier alpha value is -0.0800. The van der Waals surface area contributed by atoms with E-state index >= 15 is 0 Å². The molecule has 1 saturated carbocycles. The number of hydrogen-bond acceptors (Lipinski definition) is 2. The predicted octanol–water partition coefficient (Wildman–Crippen LogP) is 1.07. The highest BCUT2D eigenvalue weighted by Crippen LogP contribution is 2.41. The van der Waals surface area contributed by atoms with E-state index in [2.05, 4.69) is 19.0 Å². The maximum atomic E-state index is 5.65. The summed E-state index contributed by atoms with van der Waals surface area (Å²) in [5.41, 5.74) is 0. The summed E-state index contributed by atoms with van der Waals surface area (Å²) in [7, 11) is 4.19. The first kappa shape index (κ1) is 6.62. The van der Waals surface area contributed by atoms with Crippen LogP contribution in [0.5, 0.6) is 0 Å². The highest BCUT2D eigenvalue weighted by molar-refractivity contribution is 4.91. The van der Waals surface area contributed by atoms with Crippen LogP contribution in [0.1, 0.15) is 19.3 Å². The second-order valence-corrected chi connectivity index (χ2v) is 3.62. The fraction of sp³-hybridized carbons (Fsp3) is 1.00. The van der Waals surface area contributed by atoms with Crippen LogP contribution in [0, 0.1) is 5.92 Å². The predicted molar refractivity (Wildman–Crippen MR) is 39.7 cm³/mol. The van der Waals surface area contributed by atoms with Gasteiger partial charge in [0.05, 0.1) is 6.10 Å². The fourth-order valence-electron chi connectivity index (χ4n) is 2.14. The Labute approximate surface area is 62.2 Å². The standard InChI is InChI=1S/C8H15NO/c1-9(2)8-6-4-3-5-7(6)10-8/h6-8H,3-5H2,1-2H3. The summed E-state index contributed by atoms with van der Waals surface area (Å²) >= 11 is 0. The van der Waals surface area contributed by atoms with Crippen molar-refractivity contribution >= 4 is 0 Å². The second kappa shape index (κ2) is 2.21. The van der Waals surface area contributed by atoms with E-state index in [4.69, 9.17) is 4.74 Å². The van der Waals surface area contributed by atoms with E-state index in [9.17, 15) is 0 Å². The number of fused-ring (bicyclic) bond motifs is 1. The molecule has 2 fully saturated rings. The maximum Gasteiger partial charge on any atom is 0.115 e. The van der Waals surface area contributed by atoms with Gasteiger partial charge < -0.3 is 4.74 Å². The van der Waals surface area contributed by atoms with Gasteiger partial charge in [-0.15, -0.1) is 0 Å². The van der Waals surface area contributed by atoms with Crippen LogP contribution < -0.4 is 0 Å². The van der Waals surface area contributed by atoms with E-state index in [0.29, 0.717) is 12.3 Å². The monoisotopic (exact) mass is 141 g/mol. The quantitative estimate of drug-likeness (QED) is 0.541. The zero-order valence-electron chi connectivity index (χ0n) is 6.71. The van der Waals surface area contributed by atoms with E-state index in [1.165, 1.54) is 19.3 Å². The summed E-state index contributed by atoms with van der Waals surface area (Å²) in [5, 5.41) is 0. The van der Waals surface area contributed by atoms with E-state index in [-0.39, 0.29) is 0 Å². The molecule has 1 saturated heterocycles. The van der Waals surface area contributed by atoms with Crippen molar-refractivity contribution in [2.75, 3.05) is 14.1 Å². The van der Waals surface area contributed by atoms with Gasteiger partial charge in [-0.3, -0.25) is 4.90 Å². The van der Waals surface area contributed by atoms with E-state index in [1.54, 1.807) is 0 Å². The summed E-state index contributed by atoms with van der Waals surface area (Å²) in [4.78, 5) is 2.19. The molecule has 0 N–H and O–H groups in total. The lowest BCUT2D eigenvalue weighted by Crippen LogP contribution is -2.52. The number of rotatable bonds is 1. The molecule has 0 aromatic heterocycles. The topological polar surface area (TPSA) is 12.5 Å². The summed E-state index contributed by atoms with van der Waals surface area (Å²) in [6.45, 7) is 0. The Kier molecular flexibility index (Phi) is 1.46. The molecule has 2 aliphatic rings. The number of nitrogens with zero attached hydrogens (tertiary/aromatic N) is 1. The molecular weight excluding hydrogens is 126 g/mol. The highest BCUT2D eigenvalue weighted by atomic mass is 16.5. The van der Waals surface area contributed by atoms with E-state index < -0.39 is 0 Å². The van der Waals surface area contributed by atoms with Gasteiger partial charge in [-0.2, -0.15) is 0 Å². The smallest absolute Gasteiger partial charge is 0.115 e. The van der Waals surface area contributed by atoms with Crippen LogP contribution in [0.25, 0.3) is 0 Å². The minimum atomic E-state index is 0.437. The first-order valence-corrected chi connectivity index (χ1v) is 4.11. The largest absolute Gasteiger partial charge is 0.359 e. The number of hydrogen-bond donors (Lipinski definition) is 0. The van der Waals surface area contributed by atoms with Gasteiger partial charge in [0.2, 0.25) is 0 Å². The third-order valence-electron chi connectivity index (χ3n) is 2.69. The molecule has 10 heavy (non-hydrogen) atoms. The molecule has 0 spiro atoms. The molecule has 58 valence electrons. The SMILES string of the molecule is CN(C)C1OC2CCCC21. The van der Waals surface area contributed by atoms with Gasteiger partial charge >= 0.3 is 0 Å². The van der Waals surface area contributed by atoms with Gasteiger partial charge in [0.1, 0.15) is 6.23 Å². The van der Waals surface area contributed by atoms with Gasteiger partial charge in [0.25, 0.3) is 0 Å². The van der Waals surface area contributed by atoms with Crippen LogP contribution in [-0.4, -0.2) is 31.3 Å². The molecule has 0 aromatic rings. The Balaban J connectivity index is 1.94. The minimum absolute atomic E-state index is 0.437. The van der Waals surface area contributed by atoms with Crippen LogP contribution in [0.4, 0.5) is 0 Å². The Morgan fingerprint density at radius 2 is 2.10 bits per heavy atom. The van der Waals surface area contributed by atoms with Crippen molar-refractivity contribution < 1.29 is 4.74 Å². The van der Waals surface area contributed by atoms with Crippen molar-refractivity contribution in [3.8, 4) is 0 Å². The molecule has 2 rings (SSSR count). The lowest BCUT2D eigenvalue weighted by molar-refractivity contribution is -0.223. The third kappa shape index (κ3) is 0.789. The van der Waals surface area contributed by atoms with Crippen LogP contribution in [0.15, 0.2) is 0 Å². The Morgan fingerprint density at radius 1 is 1.30 bits per heavy atom. The molecule has 3 atom stereocenters. The molecule has 3 unspecified atom stereocenters. The molecule has 0 radical (unpaired) electrons. The van der Waals surface area contributed by atoms with Crippen molar-refractivity contribution in [2.45, 2.75) is 31.6 Å². The van der Waals surface area contributed by atoms with Crippen LogP contribution in [0.2, 0.25) is 0 Å². The zero-order chi connectivity index (χ0) is 7.14. The van der Waals surface area contributed by atoms with Crippen molar-refractivity contribution in [3.63, 3.8) is 0 Å². The lowest BCUT2D eigenvalue weighted by atomic mass is 9.97. The molecule has 1 aliphatic heterocycles. The van der Waals surface area contributed by atoms with Gasteiger partial charge in [-0.25, -0.2) is 0 Å². The molecular formula is C8H15NO. The van der Waals surface area contributed by atoms with Crippen molar-refractivity contribution in [3.05, 3.63) is 0 Å². The van der Waals surface area contributed by atoms with Crippen molar-refractivity contribution in [1.82, 2.24) is 4.90 Å². The van der Waals surface area contributed by atoms with Crippen LogP contribution >= 0.6 is 0 Å². The average molecular weight is 141 g/mol. The fourth-order valence-corrected chi connectivity index (χ4v) is 2.14. The van der Waals surface area contributed by atoms with Crippen molar-refractivity contribution in [2.24, 2.45) is 5.92 Å². The van der Waals surface area contributed by atoms with Gasteiger partial charge in [0.15, 0.2) is 0 Å². The van der Waals surface area contributed by atoms with Gasteiger partial charge in [-0.05, 0) is 26.9 Å². The Morgan fingerprint density at radius 3 is 2.70 bits per heavy atom. The van der Waals surface area contributed by atoms with Gasteiger partial charge in [-0.1, -0.05) is 6.42 Å². The lowest BCUT2D eigenvalue weighted by Gasteiger charge is -2.44. The average Bonchev–Trinajstić information content (AvgIpc) is 2.11. The summed E-state index contributed by atoms with van der Waals surface area (Å²) in [5.74, 6) is 0.856. The first-order valence-electron chi connectivity index (χ1n) is 4.11. The summed E-state index contributed by atoms with van der Waals surface area (Å²) in [6, 6.07) is 0. The summed E-state index contributed by atoms with van der Waals surface area (Å²) < 4.78 is 5.65. The molecule has 0 bridgehead atoms. The molecule has 2 heteroatoms. The van der Waals surface area contributed by atoms with E-state index in [0.717, 1.165) is 5.92 Å². The molecule has 0 aromatic carbocycles. The van der Waals surface area contributed by atoms with E-state index in [1.807, 2.05) is 0 Å². The van der Waals surface area contributed by atoms with Crippen LogP contribution in [-0.2, 0) is 4.74 Å². The van der Waals surface area contributed by atoms with Gasteiger partial charge in [0, 0.05) is 5.92 Å². The van der Waals surface area contributed by atoms with Crippen molar-refractivity contribution in [1.29, 1.82) is 0 Å². The first-order chi connectivity index (χ1) is 4.79. The number of ether oxygens (including phenoxy) is 1.